The Morgan fingerprint density at radius 3 is 2.08 bits per heavy atom. The van der Waals surface area contributed by atoms with Crippen molar-refractivity contribution in [2.75, 3.05) is 19.8 Å². The van der Waals surface area contributed by atoms with Crippen molar-refractivity contribution in [2.24, 2.45) is 5.92 Å². The van der Waals surface area contributed by atoms with Crippen molar-refractivity contribution >= 4 is 35.2 Å². The molecule has 5 aliphatic rings. The van der Waals surface area contributed by atoms with Gasteiger partial charge in [-0.3, -0.25) is 19.2 Å². The van der Waals surface area contributed by atoms with Crippen LogP contribution in [0.1, 0.15) is 78.5 Å². The molecule has 4 heterocycles. The molecular weight excluding hydrogens is 844 g/mol. The van der Waals surface area contributed by atoms with Crippen LogP contribution in [0.5, 0.6) is 28.7 Å². The van der Waals surface area contributed by atoms with E-state index >= 15 is 0 Å². The minimum absolute atomic E-state index is 0.0610. The van der Waals surface area contributed by atoms with Crippen LogP contribution in [0.15, 0.2) is 109 Å². The first-order chi connectivity index (χ1) is 31.5. The fourth-order valence-electron chi connectivity index (χ4n) is 8.35. The summed E-state index contributed by atoms with van der Waals surface area (Å²) in [4.78, 5) is 55.1. The average molecular weight is 902 g/mol. The van der Waals surface area contributed by atoms with Crippen molar-refractivity contribution in [3.8, 4) is 28.7 Å². The average Bonchev–Trinajstić information content (AvgIpc) is 3.30. The first-order valence-corrected chi connectivity index (χ1v) is 22.7. The van der Waals surface area contributed by atoms with Gasteiger partial charge in [0.2, 0.25) is 17.7 Å². The largest absolute Gasteiger partial charge is 0.490 e. The molecule has 2 atom stereocenters. The maximum Gasteiger partial charge on any atom is 0.258 e. The van der Waals surface area contributed by atoms with E-state index in [1.54, 1.807) is 18.2 Å². The molecule has 10 rings (SSSR count). The normalized spacial score (nSPS) is 20.1. The third-order valence-corrected chi connectivity index (χ3v) is 12.3. The van der Waals surface area contributed by atoms with Crippen molar-refractivity contribution in [2.45, 2.75) is 90.4 Å². The van der Waals surface area contributed by atoms with E-state index in [0.29, 0.717) is 90.2 Å². The van der Waals surface area contributed by atoms with Crippen LogP contribution in [0.25, 0.3) is 0 Å². The Hall–Kier alpha value is -6.53. The monoisotopic (exact) mass is 900 g/mol. The maximum absolute atomic E-state index is 14.1. The standard InChI is InChI=1S/C52H57ClN4O8/c1-4-62-45-30-43(65-42-25-33(2)48(53)34(3)26-42)29-39-31-63-41-21-17-35(18-22-41)23-24-54-51(60)44(27-36-11-7-5-8-12-36)56-52(61)49(38-13-9-6-10-14-38)57-46(58)28-37-15-19-40(20-16-37)55-47(59)32-64-50(39)45/h5-14,17-18,21-22,25-26,29-30,37,40,44,49H,4,15-16,19-20,23-24,27-28,31-32H2,1-3H3,(H,54,60)(H,55,59)(H,56,61)(H,57,58)/t37?,40?,44-,49+/m1/s1. The van der Waals surface area contributed by atoms with Crippen LogP contribution in [0.4, 0.5) is 0 Å². The lowest BCUT2D eigenvalue weighted by atomic mass is 9.84. The van der Waals surface area contributed by atoms with Gasteiger partial charge in [0.25, 0.3) is 5.91 Å². The predicted molar refractivity (Wildman–Crippen MR) is 250 cm³/mol. The number of carbonyl (C=O) groups excluding carboxylic acids is 4. The SMILES string of the molecule is CCOc1cc(Oc2cc(C)c(Cl)c(C)c2)cc2c1OCC(=O)NC1CCC(CC1)CC(=O)N[C@@H](c1ccccc1)C(=O)N[C@H](Cc1ccccc1)C(=O)NCCc1ccc(cc1)OC2. The number of hydrogen-bond donors (Lipinski definition) is 4. The van der Waals surface area contributed by atoms with Crippen LogP contribution in [0.3, 0.4) is 0 Å². The minimum Gasteiger partial charge on any atom is -0.490 e. The molecule has 4 aliphatic heterocycles. The predicted octanol–water partition coefficient (Wildman–Crippen LogP) is 8.43. The summed E-state index contributed by atoms with van der Waals surface area (Å²) in [5.74, 6) is 1.16. The van der Waals surface area contributed by atoms with Gasteiger partial charge in [-0.05, 0) is 117 Å². The van der Waals surface area contributed by atoms with Crippen molar-refractivity contribution in [1.29, 1.82) is 0 Å². The van der Waals surface area contributed by atoms with E-state index in [9.17, 15) is 19.2 Å². The summed E-state index contributed by atoms with van der Waals surface area (Å²) >= 11 is 6.45. The Morgan fingerprint density at radius 1 is 0.708 bits per heavy atom. The van der Waals surface area contributed by atoms with Gasteiger partial charge in [0, 0.05) is 42.1 Å². The summed E-state index contributed by atoms with van der Waals surface area (Å²) < 4.78 is 25.0. The molecule has 1 saturated carbocycles. The lowest BCUT2D eigenvalue weighted by Crippen LogP contribution is -2.52. The van der Waals surface area contributed by atoms with Gasteiger partial charge in [-0.1, -0.05) is 84.4 Å². The molecule has 5 aromatic carbocycles. The van der Waals surface area contributed by atoms with Crippen LogP contribution < -0.4 is 40.2 Å². The van der Waals surface area contributed by atoms with Crippen LogP contribution in [0.2, 0.25) is 5.02 Å². The molecule has 1 aliphatic carbocycles. The van der Waals surface area contributed by atoms with Crippen LogP contribution >= 0.6 is 11.6 Å². The number of carbonyl (C=O) groups is 4. The number of nitrogens with one attached hydrogen (secondary N) is 4. The fourth-order valence-corrected chi connectivity index (χ4v) is 8.46. The number of amides is 4. The molecule has 0 spiro atoms. The van der Waals surface area contributed by atoms with Gasteiger partial charge < -0.3 is 40.2 Å². The number of halogens is 1. The number of rotatable bonds is 7. The third kappa shape index (κ3) is 13.0. The van der Waals surface area contributed by atoms with E-state index in [-0.39, 0.29) is 55.7 Å². The molecule has 4 amide bonds. The van der Waals surface area contributed by atoms with Crippen molar-refractivity contribution in [3.63, 3.8) is 0 Å². The summed E-state index contributed by atoms with van der Waals surface area (Å²) in [5.41, 5.74) is 4.81. The highest BCUT2D eigenvalue weighted by Crippen LogP contribution is 2.39. The van der Waals surface area contributed by atoms with Crippen LogP contribution in [0, 0.1) is 19.8 Å². The smallest absolute Gasteiger partial charge is 0.258 e. The van der Waals surface area contributed by atoms with Gasteiger partial charge in [-0.15, -0.1) is 0 Å². The highest BCUT2D eigenvalue weighted by Gasteiger charge is 2.30. The van der Waals surface area contributed by atoms with E-state index in [2.05, 4.69) is 21.3 Å². The number of benzene rings is 5. The van der Waals surface area contributed by atoms with Gasteiger partial charge >= 0.3 is 0 Å². The zero-order valence-electron chi connectivity index (χ0n) is 37.1. The van der Waals surface area contributed by atoms with Gasteiger partial charge in [0.05, 0.1) is 6.61 Å². The first-order valence-electron chi connectivity index (χ1n) is 22.4. The topological polar surface area (TPSA) is 153 Å². The zero-order chi connectivity index (χ0) is 45.7. The molecule has 340 valence electrons. The molecule has 0 aromatic heterocycles. The van der Waals surface area contributed by atoms with E-state index in [1.165, 1.54) is 0 Å². The van der Waals surface area contributed by atoms with Gasteiger partial charge in [-0.25, -0.2) is 0 Å². The maximum atomic E-state index is 14.1. The quantitative estimate of drug-likeness (QED) is 0.127. The van der Waals surface area contributed by atoms with E-state index in [4.69, 9.17) is 30.5 Å². The highest BCUT2D eigenvalue weighted by molar-refractivity contribution is 6.32. The second-order valence-corrected chi connectivity index (χ2v) is 17.1. The highest BCUT2D eigenvalue weighted by atomic mass is 35.5. The molecule has 65 heavy (non-hydrogen) atoms. The van der Waals surface area contributed by atoms with Crippen molar-refractivity contribution in [3.05, 3.63) is 148 Å². The Morgan fingerprint density at radius 2 is 1.38 bits per heavy atom. The van der Waals surface area contributed by atoms with E-state index in [0.717, 1.165) is 22.3 Å². The summed E-state index contributed by atoms with van der Waals surface area (Å²) in [5, 5.41) is 12.8. The molecule has 1 fully saturated rings. The third-order valence-electron chi connectivity index (χ3n) is 11.7. The van der Waals surface area contributed by atoms with Crippen LogP contribution in [-0.2, 0) is 38.6 Å². The molecule has 12 nitrogen and oxygen atoms in total. The molecule has 0 radical (unpaired) electrons. The van der Waals surface area contributed by atoms with E-state index < -0.39 is 18.0 Å². The van der Waals surface area contributed by atoms with Gasteiger partial charge in [0.15, 0.2) is 18.1 Å². The molecule has 13 heteroatoms. The van der Waals surface area contributed by atoms with Gasteiger partial charge in [-0.2, -0.15) is 0 Å². The summed E-state index contributed by atoms with van der Waals surface area (Å²) in [7, 11) is 0. The second-order valence-electron chi connectivity index (χ2n) is 16.7. The molecular formula is C52H57ClN4O8. The van der Waals surface area contributed by atoms with Crippen molar-refractivity contribution < 1.29 is 38.1 Å². The molecule has 0 saturated heterocycles. The molecule has 0 unspecified atom stereocenters. The molecule has 4 N–H and O–H groups in total. The first kappa shape index (κ1) is 46.5. The summed E-state index contributed by atoms with van der Waals surface area (Å²) in [6.07, 6.45) is 3.78. The Labute approximate surface area is 385 Å². The minimum atomic E-state index is -1.02. The van der Waals surface area contributed by atoms with E-state index in [1.807, 2.05) is 112 Å². The van der Waals surface area contributed by atoms with Crippen molar-refractivity contribution in [1.82, 2.24) is 21.3 Å². The van der Waals surface area contributed by atoms with Gasteiger partial charge in [0.1, 0.15) is 35.9 Å². The molecule has 4 bridgehead atoms. The Balaban J connectivity index is 1.14. The number of aryl methyl sites for hydroxylation is 2. The Bertz CT molecular complexity index is 2400. The van der Waals surface area contributed by atoms with Crippen LogP contribution in [-0.4, -0.2) is 55.5 Å². The fraction of sp³-hybridized carbons (Fsp3) is 0.346. The zero-order valence-corrected chi connectivity index (χ0v) is 37.9. The second kappa shape index (κ2) is 22.4. The summed E-state index contributed by atoms with van der Waals surface area (Å²) in [6.45, 7) is 6.17. The Kier molecular flexibility index (Phi) is 16.0. The summed E-state index contributed by atoms with van der Waals surface area (Å²) in [6, 6.07) is 31.4. The number of hydrogen-bond acceptors (Lipinski definition) is 8. The number of ether oxygens (including phenoxy) is 4. The molecule has 5 aromatic rings. The lowest BCUT2D eigenvalue weighted by Gasteiger charge is -2.29. The lowest BCUT2D eigenvalue weighted by molar-refractivity contribution is -0.132.